The lowest BCUT2D eigenvalue weighted by Crippen LogP contribution is -2.13. The summed E-state index contributed by atoms with van der Waals surface area (Å²) in [5.74, 6) is -1.65. The van der Waals surface area contributed by atoms with Crippen molar-refractivity contribution >= 4 is 22.3 Å². The third-order valence-corrected chi connectivity index (χ3v) is 2.49. The van der Waals surface area contributed by atoms with Crippen LogP contribution in [0, 0.1) is 0 Å². The molecule has 0 aromatic carbocycles. The number of carboxylic acids is 1. The second kappa shape index (κ2) is 2.96. The number of aromatic nitrogens is 2. The molecule has 0 unspecified atom stereocenters. The summed E-state index contributed by atoms with van der Waals surface area (Å²) in [5, 5.41) is 10.1. The first kappa shape index (κ1) is 9.97. The van der Waals surface area contributed by atoms with Gasteiger partial charge in [0, 0.05) is 11.6 Å². The van der Waals surface area contributed by atoms with Crippen molar-refractivity contribution in [2.75, 3.05) is 0 Å². The molecule has 0 aliphatic rings. The molecule has 0 aliphatic heterocycles. The summed E-state index contributed by atoms with van der Waals surface area (Å²) in [7, 11) is 0. The van der Waals surface area contributed by atoms with Crippen LogP contribution in [0.1, 0.15) is 16.2 Å². The van der Waals surface area contributed by atoms with Crippen LogP contribution in [0.5, 0.6) is 0 Å². The number of imidazole rings is 1. The zero-order valence-electron chi connectivity index (χ0n) is 6.95. The molecule has 0 saturated heterocycles. The molecule has 0 amide bonds. The summed E-state index contributed by atoms with van der Waals surface area (Å²) in [6.45, 7) is 0. The molecule has 0 spiro atoms. The van der Waals surface area contributed by atoms with Gasteiger partial charge in [0.1, 0.15) is 0 Å². The second-order valence-electron chi connectivity index (χ2n) is 2.67. The third-order valence-electron chi connectivity index (χ3n) is 1.73. The van der Waals surface area contributed by atoms with Crippen LogP contribution in [-0.2, 0) is 6.18 Å². The van der Waals surface area contributed by atoms with E-state index in [9.17, 15) is 18.0 Å². The zero-order chi connectivity index (χ0) is 11.2. The van der Waals surface area contributed by atoms with Gasteiger partial charge in [0.05, 0.1) is 0 Å². The van der Waals surface area contributed by atoms with Crippen molar-refractivity contribution in [1.29, 1.82) is 0 Å². The van der Waals surface area contributed by atoms with Gasteiger partial charge in [-0.25, -0.2) is 9.78 Å². The van der Waals surface area contributed by atoms with Gasteiger partial charge in [0.2, 0.25) is 0 Å². The predicted octanol–water partition coefficient (Wildman–Crippen LogP) is 2.11. The molecule has 0 atom stereocenters. The minimum Gasteiger partial charge on any atom is -0.476 e. The van der Waals surface area contributed by atoms with Gasteiger partial charge in [-0.1, -0.05) is 0 Å². The first-order valence-electron chi connectivity index (χ1n) is 3.67. The van der Waals surface area contributed by atoms with Crippen molar-refractivity contribution in [3.8, 4) is 0 Å². The van der Waals surface area contributed by atoms with Gasteiger partial charge in [0.15, 0.2) is 16.3 Å². The highest BCUT2D eigenvalue weighted by molar-refractivity contribution is 7.15. The fourth-order valence-corrected chi connectivity index (χ4v) is 1.90. The quantitative estimate of drug-likeness (QED) is 0.825. The molecule has 80 valence electrons. The monoisotopic (exact) mass is 236 g/mol. The average Bonchev–Trinajstić information content (AvgIpc) is 2.56. The Kier molecular flexibility index (Phi) is 1.97. The van der Waals surface area contributed by atoms with E-state index in [2.05, 4.69) is 4.98 Å². The van der Waals surface area contributed by atoms with Crippen molar-refractivity contribution in [3.63, 3.8) is 0 Å². The van der Waals surface area contributed by atoms with Crippen LogP contribution in [0.3, 0.4) is 0 Å². The molecule has 2 heterocycles. The topological polar surface area (TPSA) is 54.6 Å². The van der Waals surface area contributed by atoms with E-state index in [0.717, 1.165) is 15.7 Å². The number of fused-ring (bicyclic) bond motifs is 1. The van der Waals surface area contributed by atoms with Crippen molar-refractivity contribution in [1.82, 2.24) is 9.38 Å². The number of nitrogens with zero attached hydrogens (tertiary/aromatic N) is 2. The Morgan fingerprint density at radius 3 is 2.73 bits per heavy atom. The summed E-state index contributed by atoms with van der Waals surface area (Å²) < 4.78 is 38.1. The lowest BCUT2D eigenvalue weighted by Gasteiger charge is -2.03. The molecule has 1 N–H and O–H groups in total. The average molecular weight is 236 g/mol. The van der Waals surface area contributed by atoms with Gasteiger partial charge >= 0.3 is 12.1 Å². The van der Waals surface area contributed by atoms with Crippen molar-refractivity contribution in [2.24, 2.45) is 0 Å². The molecule has 4 nitrogen and oxygen atoms in total. The van der Waals surface area contributed by atoms with E-state index in [1.165, 1.54) is 11.6 Å². The third kappa shape index (κ3) is 1.46. The Bertz CT molecular complexity index is 528. The molecule has 0 saturated carbocycles. The molecule has 2 rings (SSSR count). The molecule has 2 aromatic heterocycles. The van der Waals surface area contributed by atoms with Crippen molar-refractivity contribution in [2.45, 2.75) is 6.18 Å². The van der Waals surface area contributed by atoms with Crippen molar-refractivity contribution in [3.05, 3.63) is 23.0 Å². The molecule has 0 radical (unpaired) electrons. The van der Waals surface area contributed by atoms with Crippen LogP contribution >= 0.6 is 11.3 Å². The predicted molar refractivity (Wildman–Crippen MR) is 45.0 cm³/mol. The van der Waals surface area contributed by atoms with Crippen LogP contribution in [-0.4, -0.2) is 20.5 Å². The first-order valence-corrected chi connectivity index (χ1v) is 4.55. The molecule has 0 fully saturated rings. The lowest BCUT2D eigenvalue weighted by atomic mass is 10.3. The van der Waals surface area contributed by atoms with Gasteiger partial charge in [-0.15, -0.1) is 11.3 Å². The number of hydrogen-bond donors (Lipinski definition) is 1. The maximum atomic E-state index is 12.4. The number of carbonyl (C=O) groups is 1. The molecule has 15 heavy (non-hydrogen) atoms. The number of carboxylic acid groups (broad SMARTS) is 1. The second-order valence-corrected chi connectivity index (χ2v) is 3.54. The Morgan fingerprint density at radius 2 is 2.20 bits per heavy atom. The number of halogens is 3. The Balaban J connectivity index is 2.79. The maximum absolute atomic E-state index is 12.4. The van der Waals surface area contributed by atoms with E-state index in [4.69, 9.17) is 5.11 Å². The maximum Gasteiger partial charge on any atom is 0.435 e. The Morgan fingerprint density at radius 1 is 1.53 bits per heavy atom. The molecular weight excluding hydrogens is 233 g/mol. The number of alkyl halides is 3. The normalized spacial score (nSPS) is 12.2. The molecule has 0 aliphatic carbocycles. The van der Waals surface area contributed by atoms with E-state index in [1.54, 1.807) is 0 Å². The number of thiazole rings is 1. The highest BCUT2D eigenvalue weighted by Crippen LogP contribution is 2.32. The summed E-state index contributed by atoms with van der Waals surface area (Å²) in [5.41, 5.74) is -2.21. The molecule has 0 bridgehead atoms. The first-order chi connectivity index (χ1) is 6.91. The van der Waals surface area contributed by atoms with Crippen LogP contribution < -0.4 is 0 Å². The van der Waals surface area contributed by atoms with Gasteiger partial charge in [-0.05, 0) is 0 Å². The summed E-state index contributed by atoms with van der Waals surface area (Å²) in [6, 6.07) is 0. The molecule has 2 aromatic rings. The number of aromatic carboxylic acids is 1. The van der Waals surface area contributed by atoms with Gasteiger partial charge in [0.25, 0.3) is 0 Å². The summed E-state index contributed by atoms with van der Waals surface area (Å²) >= 11 is 0.944. The fraction of sp³-hybridized carbons (Fsp3) is 0.143. The van der Waals surface area contributed by atoms with Crippen LogP contribution in [0.2, 0.25) is 0 Å². The van der Waals surface area contributed by atoms with E-state index in [1.807, 2.05) is 0 Å². The van der Waals surface area contributed by atoms with Crippen LogP contribution in [0.25, 0.3) is 4.96 Å². The number of hydrogen-bond acceptors (Lipinski definition) is 3. The molecule has 8 heteroatoms. The number of rotatable bonds is 1. The van der Waals surface area contributed by atoms with Crippen LogP contribution in [0.15, 0.2) is 11.6 Å². The fourth-order valence-electron chi connectivity index (χ4n) is 1.19. The highest BCUT2D eigenvalue weighted by Gasteiger charge is 2.40. The summed E-state index contributed by atoms with van der Waals surface area (Å²) in [6.07, 6.45) is -3.51. The van der Waals surface area contributed by atoms with Gasteiger partial charge in [-0.2, -0.15) is 13.2 Å². The van der Waals surface area contributed by atoms with Gasteiger partial charge in [-0.3, -0.25) is 4.40 Å². The van der Waals surface area contributed by atoms with Gasteiger partial charge < -0.3 is 5.11 Å². The minimum atomic E-state index is -4.75. The van der Waals surface area contributed by atoms with E-state index in [-0.39, 0.29) is 4.96 Å². The lowest BCUT2D eigenvalue weighted by molar-refractivity contribution is -0.141. The van der Waals surface area contributed by atoms with Crippen molar-refractivity contribution < 1.29 is 23.1 Å². The highest BCUT2D eigenvalue weighted by atomic mass is 32.1. The summed E-state index contributed by atoms with van der Waals surface area (Å²) in [4.78, 5) is 13.9. The Hall–Kier alpha value is -1.57. The Labute approximate surface area is 84.6 Å². The van der Waals surface area contributed by atoms with E-state index >= 15 is 0 Å². The van der Waals surface area contributed by atoms with Crippen LogP contribution in [0.4, 0.5) is 13.2 Å². The minimum absolute atomic E-state index is 0.0136. The zero-order valence-corrected chi connectivity index (χ0v) is 7.76. The van der Waals surface area contributed by atoms with E-state index in [0.29, 0.717) is 0 Å². The largest absolute Gasteiger partial charge is 0.476 e. The molecular formula is C7H3F3N2O2S. The SMILES string of the molecule is O=C(O)c1c(C(F)(F)F)nc2sccn12. The standard InChI is InChI=1S/C7H3F3N2O2S/c8-7(9,10)4-3(5(13)14)12-1-2-15-6(12)11-4/h1-2H,(H,13,14). The smallest absolute Gasteiger partial charge is 0.435 e. The van der Waals surface area contributed by atoms with E-state index < -0.39 is 23.5 Å².